The average molecular weight is 346 g/mol. The fraction of sp³-hybridized carbons (Fsp3) is 0.500. The lowest BCUT2D eigenvalue weighted by Gasteiger charge is -2.28. The second kappa shape index (κ2) is 6.73. The van der Waals surface area contributed by atoms with Crippen LogP contribution in [0.3, 0.4) is 0 Å². The van der Waals surface area contributed by atoms with E-state index >= 15 is 0 Å². The molecule has 3 nitrogen and oxygen atoms in total. The highest BCUT2D eigenvalue weighted by Crippen LogP contribution is 2.24. The lowest BCUT2D eigenvalue weighted by molar-refractivity contribution is 0.0692. The number of nitrogens with one attached hydrogen (secondary N) is 1. The van der Waals surface area contributed by atoms with Crippen molar-refractivity contribution >= 4 is 33.4 Å². The molecule has 1 aromatic carbocycles. The summed E-state index contributed by atoms with van der Waals surface area (Å²) in [5.74, 6) is 0.0907. The number of carbonyl (C=O) groups excluding carboxylic acids is 1. The highest BCUT2D eigenvalue weighted by atomic mass is 79.9. The molecule has 1 saturated heterocycles. The number of hydrogen-bond donors (Lipinski definition) is 1. The zero-order chi connectivity index (χ0) is 13.8. The van der Waals surface area contributed by atoms with Crippen LogP contribution in [0.4, 0.5) is 0 Å². The number of benzene rings is 1. The van der Waals surface area contributed by atoms with E-state index in [4.69, 9.17) is 11.6 Å². The molecule has 1 fully saturated rings. The predicted octanol–water partition coefficient (Wildman–Crippen LogP) is 3.32. The molecule has 1 aliphatic rings. The van der Waals surface area contributed by atoms with Crippen LogP contribution in [-0.4, -0.2) is 36.5 Å². The molecular formula is C14H18BrClN2O. The summed E-state index contributed by atoms with van der Waals surface area (Å²) in [5.41, 5.74) is 0.691. The number of rotatable bonds is 4. The van der Waals surface area contributed by atoms with E-state index in [1.54, 1.807) is 18.2 Å². The van der Waals surface area contributed by atoms with Gasteiger partial charge < -0.3 is 10.2 Å². The Morgan fingerprint density at radius 2 is 2.37 bits per heavy atom. The molecule has 1 amide bonds. The van der Waals surface area contributed by atoms with Gasteiger partial charge in [0.1, 0.15) is 0 Å². The van der Waals surface area contributed by atoms with E-state index in [2.05, 4.69) is 28.2 Å². The Morgan fingerprint density at radius 3 is 2.95 bits per heavy atom. The Labute approximate surface area is 127 Å². The second-order valence-corrected chi connectivity index (χ2v) is 6.04. The predicted molar refractivity (Wildman–Crippen MR) is 81.8 cm³/mol. The zero-order valence-electron chi connectivity index (χ0n) is 11.0. The first-order valence-electron chi connectivity index (χ1n) is 6.60. The Balaban J connectivity index is 2.20. The van der Waals surface area contributed by atoms with Gasteiger partial charge >= 0.3 is 0 Å². The Morgan fingerprint density at radius 1 is 1.58 bits per heavy atom. The van der Waals surface area contributed by atoms with Crippen molar-refractivity contribution in [3.8, 4) is 0 Å². The molecule has 0 saturated carbocycles. The minimum atomic E-state index is 0.0907. The van der Waals surface area contributed by atoms with Gasteiger partial charge in [0.25, 0.3) is 5.91 Å². The summed E-state index contributed by atoms with van der Waals surface area (Å²) in [6.45, 7) is 4.77. The number of hydrogen-bond acceptors (Lipinski definition) is 2. The molecule has 1 atom stereocenters. The quantitative estimate of drug-likeness (QED) is 0.908. The first-order valence-corrected chi connectivity index (χ1v) is 7.77. The molecule has 1 aromatic rings. The van der Waals surface area contributed by atoms with E-state index in [0.29, 0.717) is 16.6 Å². The van der Waals surface area contributed by atoms with Gasteiger partial charge in [0.05, 0.1) is 5.02 Å². The van der Waals surface area contributed by atoms with Gasteiger partial charge in [-0.25, -0.2) is 0 Å². The third kappa shape index (κ3) is 3.50. The molecule has 1 heterocycles. The molecule has 5 heteroatoms. The summed E-state index contributed by atoms with van der Waals surface area (Å²) in [7, 11) is 0. The third-order valence-electron chi connectivity index (χ3n) is 3.37. The van der Waals surface area contributed by atoms with Gasteiger partial charge in [-0.2, -0.15) is 0 Å². The van der Waals surface area contributed by atoms with Gasteiger partial charge in [0.15, 0.2) is 0 Å². The Kier molecular flexibility index (Phi) is 5.25. The van der Waals surface area contributed by atoms with Crippen LogP contribution in [0.1, 0.15) is 30.1 Å². The molecule has 0 radical (unpaired) electrons. The normalized spacial score (nSPS) is 18.6. The summed E-state index contributed by atoms with van der Waals surface area (Å²) < 4.78 is 0.765. The van der Waals surface area contributed by atoms with Crippen molar-refractivity contribution in [2.75, 3.05) is 19.6 Å². The minimum Gasteiger partial charge on any atom is -0.334 e. The summed E-state index contributed by atoms with van der Waals surface area (Å²) >= 11 is 9.34. The molecule has 104 valence electrons. The van der Waals surface area contributed by atoms with Gasteiger partial charge in [0, 0.05) is 29.2 Å². The van der Waals surface area contributed by atoms with Crippen LogP contribution >= 0.6 is 27.5 Å². The topological polar surface area (TPSA) is 32.3 Å². The van der Waals surface area contributed by atoms with Gasteiger partial charge in [-0.05, 0) is 53.5 Å². The van der Waals surface area contributed by atoms with Crippen molar-refractivity contribution in [1.29, 1.82) is 0 Å². The molecule has 0 aliphatic carbocycles. The van der Waals surface area contributed by atoms with Gasteiger partial charge in [-0.1, -0.05) is 18.5 Å². The van der Waals surface area contributed by atoms with Crippen LogP contribution in [-0.2, 0) is 0 Å². The molecule has 1 aliphatic heterocycles. The average Bonchev–Trinajstić information content (AvgIpc) is 2.92. The fourth-order valence-electron chi connectivity index (χ4n) is 2.39. The second-order valence-electron chi connectivity index (χ2n) is 4.77. The maximum atomic E-state index is 12.6. The van der Waals surface area contributed by atoms with E-state index < -0.39 is 0 Å². The molecule has 0 spiro atoms. The zero-order valence-corrected chi connectivity index (χ0v) is 13.3. The lowest BCUT2D eigenvalue weighted by atomic mass is 10.1. The van der Waals surface area contributed by atoms with Gasteiger partial charge in [-0.15, -0.1) is 0 Å². The van der Waals surface area contributed by atoms with Crippen LogP contribution in [0, 0.1) is 0 Å². The molecular weight excluding hydrogens is 328 g/mol. The van der Waals surface area contributed by atoms with Crippen LogP contribution in [0.5, 0.6) is 0 Å². The van der Waals surface area contributed by atoms with E-state index in [9.17, 15) is 4.79 Å². The number of halogens is 2. The smallest absolute Gasteiger partial charge is 0.254 e. The van der Waals surface area contributed by atoms with Crippen molar-refractivity contribution in [2.24, 2.45) is 0 Å². The van der Waals surface area contributed by atoms with E-state index in [1.807, 2.05) is 4.90 Å². The monoisotopic (exact) mass is 344 g/mol. The third-order valence-corrected chi connectivity index (χ3v) is 4.58. The first kappa shape index (κ1) is 14.8. The summed E-state index contributed by atoms with van der Waals surface area (Å²) in [6, 6.07) is 5.66. The van der Waals surface area contributed by atoms with Crippen molar-refractivity contribution < 1.29 is 4.79 Å². The number of nitrogens with zero attached hydrogens (tertiary/aromatic N) is 1. The number of amides is 1. The molecule has 1 N–H and O–H groups in total. The van der Waals surface area contributed by atoms with Crippen LogP contribution in [0.25, 0.3) is 0 Å². The van der Waals surface area contributed by atoms with Crippen LogP contribution < -0.4 is 5.32 Å². The number of carbonyl (C=O) groups is 1. The van der Waals surface area contributed by atoms with E-state index in [1.165, 1.54) is 0 Å². The Hall–Kier alpha value is -0.580. The van der Waals surface area contributed by atoms with Crippen molar-refractivity contribution in [2.45, 2.75) is 25.8 Å². The highest BCUT2D eigenvalue weighted by Gasteiger charge is 2.26. The standard InChI is InChI=1S/C14H18BrClN2O/c1-2-7-18(11-5-6-17-9-11)14(19)10-3-4-13(16)12(15)8-10/h3-4,8,11,17H,2,5-7,9H2,1H3. The van der Waals surface area contributed by atoms with E-state index in [-0.39, 0.29) is 5.91 Å². The molecule has 19 heavy (non-hydrogen) atoms. The van der Waals surface area contributed by atoms with Gasteiger partial charge in [0.2, 0.25) is 0 Å². The van der Waals surface area contributed by atoms with Crippen molar-refractivity contribution in [3.63, 3.8) is 0 Å². The molecule has 0 bridgehead atoms. The Bertz CT molecular complexity index is 461. The summed E-state index contributed by atoms with van der Waals surface area (Å²) in [4.78, 5) is 14.6. The van der Waals surface area contributed by atoms with Crippen LogP contribution in [0.2, 0.25) is 5.02 Å². The maximum Gasteiger partial charge on any atom is 0.254 e. The first-order chi connectivity index (χ1) is 9.13. The van der Waals surface area contributed by atoms with Gasteiger partial charge in [-0.3, -0.25) is 4.79 Å². The van der Waals surface area contributed by atoms with Crippen molar-refractivity contribution in [3.05, 3.63) is 33.3 Å². The molecule has 0 aromatic heterocycles. The van der Waals surface area contributed by atoms with Crippen molar-refractivity contribution in [1.82, 2.24) is 10.2 Å². The lowest BCUT2D eigenvalue weighted by Crippen LogP contribution is -2.42. The SMILES string of the molecule is CCCN(C(=O)c1ccc(Cl)c(Br)c1)C1CCNC1. The summed E-state index contributed by atoms with van der Waals surface area (Å²) in [6.07, 6.45) is 2.00. The molecule has 2 rings (SSSR count). The largest absolute Gasteiger partial charge is 0.334 e. The molecule has 1 unspecified atom stereocenters. The fourth-order valence-corrected chi connectivity index (χ4v) is 2.89. The van der Waals surface area contributed by atoms with E-state index in [0.717, 1.165) is 36.9 Å². The highest BCUT2D eigenvalue weighted by molar-refractivity contribution is 9.10. The van der Waals surface area contributed by atoms with Crippen LogP contribution in [0.15, 0.2) is 22.7 Å². The summed E-state index contributed by atoms with van der Waals surface area (Å²) in [5, 5.41) is 3.94. The minimum absolute atomic E-state index is 0.0907. The maximum absolute atomic E-state index is 12.6.